The molecule has 3 aliphatic rings. The fourth-order valence-corrected chi connectivity index (χ4v) is 6.03. The van der Waals surface area contributed by atoms with Crippen molar-refractivity contribution in [3.63, 3.8) is 0 Å². The third-order valence-electron chi connectivity index (χ3n) is 6.37. The van der Waals surface area contributed by atoms with Crippen LogP contribution in [-0.4, -0.2) is 68.2 Å². The van der Waals surface area contributed by atoms with Crippen LogP contribution in [0.1, 0.15) is 25.8 Å². The summed E-state index contributed by atoms with van der Waals surface area (Å²) in [6.45, 7) is 4.74. The molecule has 1 aliphatic carbocycles. The number of ether oxygens (including phenoxy) is 2. The normalized spacial score (nSPS) is 26.3. The summed E-state index contributed by atoms with van der Waals surface area (Å²) in [5.74, 6) is -1.19. The van der Waals surface area contributed by atoms with E-state index >= 15 is 0 Å². The quantitative estimate of drug-likeness (QED) is 0.606. The first kappa shape index (κ1) is 23.6. The minimum absolute atomic E-state index is 0.0433. The van der Waals surface area contributed by atoms with E-state index in [0.717, 1.165) is 0 Å². The lowest BCUT2D eigenvalue weighted by Gasteiger charge is -2.34. The van der Waals surface area contributed by atoms with E-state index in [0.29, 0.717) is 30.9 Å². The number of allylic oxidation sites excluding steroid dienone is 4. The van der Waals surface area contributed by atoms with Gasteiger partial charge in [0.05, 0.1) is 24.3 Å². The van der Waals surface area contributed by atoms with E-state index in [1.807, 2.05) is 0 Å². The van der Waals surface area contributed by atoms with Crippen molar-refractivity contribution < 1.29 is 32.6 Å². The number of fused-ring (bicyclic) bond motifs is 1. The molecule has 1 aromatic rings. The van der Waals surface area contributed by atoms with Crippen molar-refractivity contribution in [1.29, 1.82) is 0 Å². The molecule has 0 radical (unpaired) electrons. The van der Waals surface area contributed by atoms with Crippen molar-refractivity contribution in [1.82, 2.24) is 9.62 Å². The molecular formula is C23H28N2O7S. The van der Waals surface area contributed by atoms with E-state index in [1.165, 1.54) is 28.6 Å². The molecule has 3 unspecified atom stereocenters. The van der Waals surface area contributed by atoms with Gasteiger partial charge in [-0.2, -0.15) is 4.31 Å². The molecule has 2 N–H and O–H groups in total. The maximum atomic E-state index is 13.8. The number of carbonyl (C=O) groups is 2. The van der Waals surface area contributed by atoms with Crippen LogP contribution >= 0.6 is 0 Å². The van der Waals surface area contributed by atoms with Crippen molar-refractivity contribution in [2.75, 3.05) is 26.3 Å². The summed E-state index contributed by atoms with van der Waals surface area (Å²) in [4.78, 5) is 23.9. The molecule has 0 saturated carbocycles. The molecule has 2 heterocycles. The Morgan fingerprint density at radius 1 is 1.30 bits per heavy atom. The molecule has 10 heteroatoms. The summed E-state index contributed by atoms with van der Waals surface area (Å²) >= 11 is 0. The van der Waals surface area contributed by atoms with Gasteiger partial charge in [-0.15, -0.1) is 0 Å². The third kappa shape index (κ3) is 4.48. The van der Waals surface area contributed by atoms with Gasteiger partial charge in [0.2, 0.25) is 16.1 Å². The number of hydrogen-bond acceptors (Lipinski definition) is 7. The number of aliphatic carboxylic acids is 1. The zero-order valence-corrected chi connectivity index (χ0v) is 19.4. The summed E-state index contributed by atoms with van der Waals surface area (Å²) in [5.41, 5.74) is -0.380. The van der Waals surface area contributed by atoms with Crippen molar-refractivity contribution in [3.8, 4) is 5.75 Å². The van der Waals surface area contributed by atoms with Gasteiger partial charge in [-0.05, 0) is 30.7 Å². The van der Waals surface area contributed by atoms with Crippen LogP contribution in [0.15, 0.2) is 47.4 Å². The molecule has 0 amide bonds. The minimum Gasteiger partial charge on any atom is -0.478 e. The Labute approximate surface area is 193 Å². The van der Waals surface area contributed by atoms with Gasteiger partial charge < -0.3 is 14.6 Å². The highest BCUT2D eigenvalue weighted by Gasteiger charge is 2.47. The molecule has 0 spiro atoms. The number of hydrogen-bond donors (Lipinski definition) is 2. The molecule has 178 valence electrons. The van der Waals surface area contributed by atoms with Crippen LogP contribution in [-0.2, 0) is 29.8 Å². The fraction of sp³-hybridized carbons (Fsp3) is 0.478. The number of ketones is 1. The number of nitrogens with one attached hydrogen (secondary N) is 1. The molecular weight excluding hydrogens is 448 g/mol. The van der Waals surface area contributed by atoms with E-state index in [1.54, 1.807) is 32.1 Å². The van der Waals surface area contributed by atoms with Crippen molar-refractivity contribution in [2.45, 2.75) is 42.8 Å². The van der Waals surface area contributed by atoms with Gasteiger partial charge in [-0.3, -0.25) is 10.1 Å². The molecule has 0 bridgehead atoms. The Bertz CT molecular complexity index is 1100. The second-order valence-electron chi connectivity index (χ2n) is 8.92. The van der Waals surface area contributed by atoms with Crippen molar-refractivity contribution in [2.24, 2.45) is 5.92 Å². The Kier molecular flexibility index (Phi) is 6.45. The molecule has 0 aromatic heterocycles. The summed E-state index contributed by atoms with van der Waals surface area (Å²) in [6.07, 6.45) is 5.37. The average molecular weight is 477 g/mol. The van der Waals surface area contributed by atoms with Crippen LogP contribution in [0.2, 0.25) is 0 Å². The number of sulfonamides is 1. The molecule has 2 aliphatic heterocycles. The van der Waals surface area contributed by atoms with Gasteiger partial charge in [-0.1, -0.05) is 32.1 Å². The molecule has 33 heavy (non-hydrogen) atoms. The SMILES string of the molecule is CC1(C)c2cc(S(=O)(=O)N(CCC3C=CC=CC3=O)C3COCCN3)ccc2OC1C(=O)O. The highest BCUT2D eigenvalue weighted by atomic mass is 32.2. The van der Waals surface area contributed by atoms with Gasteiger partial charge >= 0.3 is 5.97 Å². The Morgan fingerprint density at radius 3 is 2.76 bits per heavy atom. The first-order valence-electron chi connectivity index (χ1n) is 10.9. The predicted molar refractivity (Wildman–Crippen MR) is 119 cm³/mol. The van der Waals surface area contributed by atoms with Gasteiger partial charge in [-0.25, -0.2) is 13.2 Å². The summed E-state index contributed by atoms with van der Waals surface area (Å²) in [6, 6.07) is 4.44. The lowest BCUT2D eigenvalue weighted by Crippen LogP contribution is -2.55. The number of carboxylic acid groups (broad SMARTS) is 1. The average Bonchev–Trinajstić information content (AvgIpc) is 3.06. The smallest absolute Gasteiger partial charge is 0.345 e. The Hall–Kier alpha value is -2.53. The van der Waals surface area contributed by atoms with Crippen molar-refractivity contribution in [3.05, 3.63) is 48.1 Å². The van der Waals surface area contributed by atoms with Crippen LogP contribution < -0.4 is 10.1 Å². The second kappa shape index (κ2) is 9.02. The largest absolute Gasteiger partial charge is 0.478 e. The van der Waals surface area contributed by atoms with E-state index in [4.69, 9.17) is 9.47 Å². The Morgan fingerprint density at radius 2 is 2.09 bits per heavy atom. The van der Waals surface area contributed by atoms with Crippen LogP contribution in [0.25, 0.3) is 0 Å². The van der Waals surface area contributed by atoms with Gasteiger partial charge in [0.1, 0.15) is 5.75 Å². The monoisotopic (exact) mass is 476 g/mol. The first-order valence-corrected chi connectivity index (χ1v) is 12.3. The van der Waals surface area contributed by atoms with Crippen LogP contribution in [0.4, 0.5) is 0 Å². The number of carbonyl (C=O) groups excluding carboxylic acids is 1. The third-order valence-corrected chi connectivity index (χ3v) is 8.27. The minimum atomic E-state index is -3.99. The second-order valence-corrected chi connectivity index (χ2v) is 10.8. The Balaban J connectivity index is 1.65. The topological polar surface area (TPSA) is 122 Å². The van der Waals surface area contributed by atoms with Gasteiger partial charge in [0, 0.05) is 30.0 Å². The van der Waals surface area contributed by atoms with Gasteiger partial charge in [0.25, 0.3) is 0 Å². The van der Waals surface area contributed by atoms with E-state index in [9.17, 15) is 23.1 Å². The van der Waals surface area contributed by atoms with Crippen LogP contribution in [0, 0.1) is 5.92 Å². The maximum Gasteiger partial charge on any atom is 0.345 e. The van der Waals surface area contributed by atoms with E-state index in [-0.39, 0.29) is 29.7 Å². The fourth-order valence-electron chi connectivity index (χ4n) is 4.44. The lowest BCUT2D eigenvalue weighted by atomic mass is 9.81. The zero-order chi connectivity index (χ0) is 23.8. The highest BCUT2D eigenvalue weighted by Crippen LogP contribution is 2.44. The standard InChI is InChI=1S/C23H28N2O7S/c1-23(2)17-13-16(7-8-19(17)32-21(23)22(27)28)33(29,30)25(20-14-31-12-10-24-20)11-9-15-5-3-4-6-18(15)26/h3-8,13,15,20-21,24H,9-12,14H2,1-2H3,(H,27,28). The van der Waals surface area contributed by atoms with Crippen LogP contribution in [0.3, 0.4) is 0 Å². The molecule has 1 aromatic carbocycles. The summed E-state index contributed by atoms with van der Waals surface area (Å²) in [5, 5.41) is 12.7. The lowest BCUT2D eigenvalue weighted by molar-refractivity contribution is -0.146. The number of benzene rings is 1. The number of morpholine rings is 1. The van der Waals surface area contributed by atoms with Gasteiger partial charge in [0.15, 0.2) is 5.78 Å². The predicted octanol–water partition coefficient (Wildman–Crippen LogP) is 1.45. The van der Waals surface area contributed by atoms with Crippen LogP contribution in [0.5, 0.6) is 5.75 Å². The first-order chi connectivity index (χ1) is 15.6. The molecule has 9 nitrogen and oxygen atoms in total. The molecule has 1 fully saturated rings. The maximum absolute atomic E-state index is 13.8. The number of carboxylic acids is 1. The van der Waals surface area contributed by atoms with E-state index < -0.39 is 33.7 Å². The molecule has 1 saturated heterocycles. The summed E-state index contributed by atoms with van der Waals surface area (Å²) < 4.78 is 40.0. The highest BCUT2D eigenvalue weighted by molar-refractivity contribution is 7.89. The molecule has 4 rings (SSSR count). The zero-order valence-electron chi connectivity index (χ0n) is 18.6. The molecule has 3 atom stereocenters. The van der Waals surface area contributed by atoms with Crippen molar-refractivity contribution >= 4 is 21.8 Å². The summed E-state index contributed by atoms with van der Waals surface area (Å²) in [7, 11) is -3.99. The number of nitrogens with zero attached hydrogens (tertiary/aromatic N) is 1. The van der Waals surface area contributed by atoms with E-state index in [2.05, 4.69) is 5.32 Å². The number of rotatable bonds is 7.